The molecule has 0 unspecified atom stereocenters. The monoisotopic (exact) mass is 431 g/mol. The normalized spacial score (nSPS) is 22.3. The van der Waals surface area contributed by atoms with E-state index in [1.54, 1.807) is 6.20 Å². The first-order valence-corrected chi connectivity index (χ1v) is 11.3. The second-order valence-electron chi connectivity index (χ2n) is 8.97. The van der Waals surface area contributed by atoms with E-state index in [0.29, 0.717) is 24.9 Å². The predicted molar refractivity (Wildman–Crippen MR) is 124 cm³/mol. The van der Waals surface area contributed by atoms with Crippen LogP contribution in [-0.2, 0) is 17.8 Å². The molecule has 2 aliphatic heterocycles. The van der Waals surface area contributed by atoms with Crippen LogP contribution in [0.3, 0.4) is 0 Å². The van der Waals surface area contributed by atoms with Crippen molar-refractivity contribution in [3.05, 3.63) is 60.2 Å². The quantitative estimate of drug-likeness (QED) is 0.648. The zero-order valence-corrected chi connectivity index (χ0v) is 18.4. The molecule has 1 amide bonds. The fourth-order valence-electron chi connectivity index (χ4n) is 4.97. The Kier molecular flexibility index (Phi) is 5.61. The van der Waals surface area contributed by atoms with Crippen LogP contribution in [0.1, 0.15) is 37.3 Å². The summed E-state index contributed by atoms with van der Waals surface area (Å²) >= 11 is 0. The fraction of sp³-hybridized carbons (Fsp3) is 0.417. The lowest BCUT2D eigenvalue weighted by molar-refractivity contribution is -0.119. The topological polar surface area (TPSA) is 89.6 Å². The molecule has 0 saturated carbocycles. The minimum atomic E-state index is -0.104. The third-order valence-corrected chi connectivity index (χ3v) is 6.70. The summed E-state index contributed by atoms with van der Waals surface area (Å²) in [6.45, 7) is 4.90. The average Bonchev–Trinajstić information content (AvgIpc) is 3.19. The number of fused-ring (bicyclic) bond motifs is 1. The molecule has 2 saturated heterocycles. The van der Waals surface area contributed by atoms with E-state index in [2.05, 4.69) is 45.4 Å². The zero-order valence-electron chi connectivity index (χ0n) is 18.4. The minimum absolute atomic E-state index is 0.104. The van der Waals surface area contributed by atoms with E-state index in [0.717, 1.165) is 30.7 Å². The fourth-order valence-corrected chi connectivity index (χ4v) is 4.97. The summed E-state index contributed by atoms with van der Waals surface area (Å²) in [5, 5.41) is 15.2. The van der Waals surface area contributed by atoms with Gasteiger partial charge in [0, 0.05) is 44.1 Å². The molecule has 0 spiro atoms. The van der Waals surface area contributed by atoms with E-state index in [-0.39, 0.29) is 11.9 Å². The lowest BCUT2D eigenvalue weighted by Crippen LogP contribution is -2.50. The van der Waals surface area contributed by atoms with Crippen molar-refractivity contribution in [3.63, 3.8) is 0 Å². The van der Waals surface area contributed by atoms with Crippen LogP contribution in [0.5, 0.6) is 0 Å². The lowest BCUT2D eigenvalue weighted by Gasteiger charge is -2.37. The number of nitrogens with one attached hydrogen (secondary N) is 2. The SMILES string of the molecule is C[C@H]1C[C@H](Cc2ccn3ncc(N4CCC(=O)NC4=N)c3c2)CCN1Cc1cccnc1. The van der Waals surface area contributed by atoms with Gasteiger partial charge in [0.1, 0.15) is 0 Å². The summed E-state index contributed by atoms with van der Waals surface area (Å²) in [4.78, 5) is 20.2. The van der Waals surface area contributed by atoms with Crippen LogP contribution < -0.4 is 10.2 Å². The Bertz CT molecular complexity index is 1130. The van der Waals surface area contributed by atoms with Gasteiger partial charge in [0.25, 0.3) is 0 Å². The molecule has 32 heavy (non-hydrogen) atoms. The number of guanidine groups is 1. The van der Waals surface area contributed by atoms with Crippen LogP contribution in [0.2, 0.25) is 0 Å². The van der Waals surface area contributed by atoms with E-state index in [9.17, 15) is 4.79 Å². The third kappa shape index (κ3) is 4.23. The first-order chi connectivity index (χ1) is 15.6. The number of aromatic nitrogens is 3. The van der Waals surface area contributed by atoms with E-state index in [1.165, 1.54) is 24.0 Å². The Morgan fingerprint density at radius 2 is 2.12 bits per heavy atom. The third-order valence-electron chi connectivity index (χ3n) is 6.70. The van der Waals surface area contributed by atoms with Gasteiger partial charge in [-0.05, 0) is 68.0 Å². The molecule has 0 bridgehead atoms. The van der Waals surface area contributed by atoms with Crippen LogP contribution in [0, 0.1) is 11.3 Å². The number of anilines is 1. The second kappa shape index (κ2) is 8.70. The van der Waals surface area contributed by atoms with Crippen LogP contribution in [-0.4, -0.2) is 50.5 Å². The highest BCUT2D eigenvalue weighted by molar-refractivity contribution is 6.08. The molecule has 0 radical (unpaired) electrons. The summed E-state index contributed by atoms with van der Waals surface area (Å²) in [5.74, 6) is 0.667. The largest absolute Gasteiger partial charge is 0.309 e. The summed E-state index contributed by atoms with van der Waals surface area (Å²) < 4.78 is 1.85. The van der Waals surface area contributed by atoms with Gasteiger partial charge in [0.05, 0.1) is 17.4 Å². The number of carbonyl (C=O) groups excluding carboxylic acids is 1. The van der Waals surface area contributed by atoms with Gasteiger partial charge in [-0.2, -0.15) is 5.10 Å². The first kappa shape index (κ1) is 20.6. The molecule has 8 nitrogen and oxygen atoms in total. The van der Waals surface area contributed by atoms with Gasteiger partial charge in [-0.25, -0.2) is 4.52 Å². The van der Waals surface area contributed by atoms with Crippen molar-refractivity contribution < 1.29 is 4.79 Å². The molecule has 5 rings (SSSR count). The number of rotatable bonds is 5. The van der Waals surface area contributed by atoms with Crippen LogP contribution in [0.25, 0.3) is 5.52 Å². The number of hydrogen-bond acceptors (Lipinski definition) is 5. The molecule has 166 valence electrons. The second-order valence-corrected chi connectivity index (χ2v) is 8.97. The molecule has 0 aliphatic carbocycles. The molecule has 2 aliphatic rings. The van der Waals surface area contributed by atoms with Crippen molar-refractivity contribution in [1.29, 1.82) is 5.41 Å². The van der Waals surface area contributed by atoms with Gasteiger partial charge in [-0.1, -0.05) is 6.07 Å². The number of piperidine rings is 1. The van der Waals surface area contributed by atoms with Crippen LogP contribution in [0.15, 0.2) is 49.1 Å². The highest BCUT2D eigenvalue weighted by Crippen LogP contribution is 2.29. The van der Waals surface area contributed by atoms with Crippen LogP contribution in [0.4, 0.5) is 5.69 Å². The number of hydrogen-bond donors (Lipinski definition) is 2. The number of likely N-dealkylation sites (tertiary alicyclic amines) is 1. The lowest BCUT2D eigenvalue weighted by atomic mass is 9.86. The smallest absolute Gasteiger partial charge is 0.228 e. The Balaban J connectivity index is 1.27. The summed E-state index contributed by atoms with van der Waals surface area (Å²) in [6, 6.07) is 9.05. The highest BCUT2D eigenvalue weighted by Gasteiger charge is 2.27. The molecule has 5 heterocycles. The molecular formula is C24H29N7O. The summed E-state index contributed by atoms with van der Waals surface area (Å²) in [6.07, 6.45) is 11.4. The van der Waals surface area contributed by atoms with E-state index < -0.39 is 0 Å². The first-order valence-electron chi connectivity index (χ1n) is 11.3. The number of pyridine rings is 2. The Labute approximate surface area is 187 Å². The van der Waals surface area contributed by atoms with Crippen LogP contribution >= 0.6 is 0 Å². The predicted octanol–water partition coefficient (Wildman–Crippen LogP) is 2.83. The summed E-state index contributed by atoms with van der Waals surface area (Å²) in [7, 11) is 0. The highest BCUT2D eigenvalue weighted by atomic mass is 16.2. The van der Waals surface area contributed by atoms with Gasteiger partial charge in [-0.3, -0.25) is 25.4 Å². The number of nitrogens with zero attached hydrogens (tertiary/aromatic N) is 5. The minimum Gasteiger partial charge on any atom is -0.309 e. The Morgan fingerprint density at radius 3 is 2.91 bits per heavy atom. The van der Waals surface area contributed by atoms with Gasteiger partial charge in [0.2, 0.25) is 11.9 Å². The molecule has 2 fully saturated rings. The Hall–Kier alpha value is -3.26. The average molecular weight is 432 g/mol. The van der Waals surface area contributed by atoms with Crippen molar-refractivity contribution in [2.24, 2.45) is 5.92 Å². The molecular weight excluding hydrogens is 402 g/mol. The van der Waals surface area contributed by atoms with Gasteiger partial charge < -0.3 is 4.90 Å². The number of amides is 1. The Morgan fingerprint density at radius 1 is 1.22 bits per heavy atom. The van der Waals surface area contributed by atoms with Gasteiger partial charge in [0.15, 0.2) is 0 Å². The van der Waals surface area contributed by atoms with Crippen molar-refractivity contribution in [2.75, 3.05) is 18.0 Å². The molecule has 2 N–H and O–H groups in total. The van der Waals surface area contributed by atoms with Crippen molar-refractivity contribution in [1.82, 2.24) is 24.8 Å². The van der Waals surface area contributed by atoms with Crippen molar-refractivity contribution in [2.45, 2.75) is 45.2 Å². The van der Waals surface area contributed by atoms with Gasteiger partial charge >= 0.3 is 0 Å². The van der Waals surface area contributed by atoms with Crippen molar-refractivity contribution >= 4 is 23.1 Å². The standard InChI is InChI=1S/C24H29N7O/c1-17-11-18(4-8-29(17)16-20-3-2-7-26-14-20)12-19-5-10-31-21(13-19)22(15-27-31)30-9-6-23(32)28-24(30)25/h2-3,5,7,10,13-15,17-18H,4,6,8-9,11-12,16H2,1H3,(H2,25,28,32)/t17-,18+/m0/s1. The molecule has 0 aromatic carbocycles. The number of carbonyl (C=O) groups is 1. The van der Waals surface area contributed by atoms with Gasteiger partial charge in [-0.15, -0.1) is 0 Å². The molecule has 2 atom stereocenters. The molecule has 8 heteroatoms. The van der Waals surface area contributed by atoms with Crippen molar-refractivity contribution in [3.8, 4) is 0 Å². The van der Waals surface area contributed by atoms with E-state index in [1.807, 2.05) is 34.1 Å². The molecule has 3 aromatic rings. The summed E-state index contributed by atoms with van der Waals surface area (Å²) in [5.41, 5.74) is 4.42. The van der Waals surface area contributed by atoms with E-state index >= 15 is 0 Å². The zero-order chi connectivity index (χ0) is 22.1. The van der Waals surface area contributed by atoms with E-state index in [4.69, 9.17) is 5.41 Å². The maximum absolute atomic E-state index is 11.6. The molecule has 3 aromatic heterocycles. The maximum Gasteiger partial charge on any atom is 0.228 e. The maximum atomic E-state index is 11.6.